The SMILES string of the molecule is CC(=O)c1ccccc1-c1ccc2nc(C#Cc3cccc(C(F)(F)F)c3)[nH]c2c1.CC(O)c1ccccc1-c1ccc2nc(C#Cc3cccc(C(F)(F)F)c3)[nH]c2c1.CS(=O)(=O)Nc1ccccc1-c1ccc2nc(C#Cc3cccc(C(F)(F)F)c3)[nH]c2c1. The van der Waals surface area contributed by atoms with Gasteiger partial charge in [-0.2, -0.15) is 39.5 Å². The highest BCUT2D eigenvalue weighted by Gasteiger charge is 2.32. The minimum atomic E-state index is -4.43. The largest absolute Gasteiger partial charge is 0.416 e. The van der Waals surface area contributed by atoms with E-state index in [9.17, 15) is 57.8 Å². The molecule has 11 nitrogen and oxygen atoms in total. The highest BCUT2D eigenvalue weighted by Crippen LogP contribution is 2.35. The Labute approximate surface area is 520 Å². The van der Waals surface area contributed by atoms with E-state index < -0.39 is 51.3 Å². The second-order valence-corrected chi connectivity index (χ2v) is 22.5. The van der Waals surface area contributed by atoms with Gasteiger partial charge in [-0.05, 0) is 162 Å². The number of benzene rings is 9. The lowest BCUT2D eigenvalue weighted by Crippen LogP contribution is -2.10. The lowest BCUT2D eigenvalue weighted by atomic mass is 9.96. The van der Waals surface area contributed by atoms with Crippen molar-refractivity contribution in [3.05, 3.63) is 262 Å². The van der Waals surface area contributed by atoms with Gasteiger partial charge in [-0.3, -0.25) is 9.52 Å². The Balaban J connectivity index is 0.000000151. The Kier molecular flexibility index (Phi) is 18.4. The van der Waals surface area contributed by atoms with E-state index in [1.165, 1.54) is 43.3 Å². The molecule has 0 bridgehead atoms. The van der Waals surface area contributed by atoms with Gasteiger partial charge in [0, 0.05) is 27.8 Å². The number of carbonyl (C=O) groups excluding carboxylic acids is 1. The zero-order chi connectivity index (χ0) is 65.5. The van der Waals surface area contributed by atoms with Crippen LogP contribution in [0.15, 0.2) is 200 Å². The smallest absolute Gasteiger partial charge is 0.389 e. The molecule has 3 aromatic heterocycles. The summed E-state index contributed by atoms with van der Waals surface area (Å²) in [6, 6.07) is 53.0. The van der Waals surface area contributed by atoms with Crippen molar-refractivity contribution in [1.29, 1.82) is 0 Å². The van der Waals surface area contributed by atoms with Crippen molar-refractivity contribution in [1.82, 2.24) is 29.9 Å². The molecule has 0 saturated carbocycles. The fourth-order valence-corrected chi connectivity index (χ4v) is 10.2. The number of aromatic amines is 3. The Morgan fingerprint density at radius 1 is 0.457 bits per heavy atom. The second kappa shape index (κ2) is 26.5. The number of carbonyl (C=O) groups is 1. The highest BCUT2D eigenvalue weighted by molar-refractivity contribution is 7.92. The monoisotopic (exact) mass is 1270 g/mol. The fraction of sp³-hybridized carbons (Fsp3) is 0.0986. The number of H-pyrrole nitrogens is 3. The summed E-state index contributed by atoms with van der Waals surface area (Å²) in [6.07, 6.45) is -12.8. The number of anilines is 1. The summed E-state index contributed by atoms with van der Waals surface area (Å²) in [7, 11) is -3.45. The standard InChI is InChI=1S/C24H17F3N2O.C24H15F3N2O.C23H16F3N3O2S/c2*1-15(30)19-7-2-3-8-20(19)17-10-11-21-22(14-17)29-23(28-21)12-9-16-5-4-6-18(13-16)24(25,26)27;1-32(30,31)29-19-8-3-2-7-18(19)16-10-11-20-21(14-16)28-22(27-20)12-9-15-5-4-6-17(13-15)23(24,25)26/h2-8,10-11,13-15,30H,1H3,(H,28,29);2-8,10-11,13-14H,1H3,(H,28,29);2-8,10-11,13-14,29H,1H3,(H,27,28). The maximum atomic E-state index is 12.9. The molecule has 21 heteroatoms. The molecule has 0 spiro atoms. The van der Waals surface area contributed by atoms with Crippen LogP contribution in [-0.2, 0) is 28.6 Å². The second-order valence-electron chi connectivity index (χ2n) is 20.7. The zero-order valence-corrected chi connectivity index (χ0v) is 49.3. The van der Waals surface area contributed by atoms with Crippen LogP contribution in [0.3, 0.4) is 0 Å². The Bertz CT molecular complexity index is 5090. The van der Waals surface area contributed by atoms with E-state index in [0.717, 1.165) is 87.1 Å². The van der Waals surface area contributed by atoms with Crippen LogP contribution >= 0.6 is 0 Å². The minimum absolute atomic E-state index is 0.0250. The summed E-state index contributed by atoms with van der Waals surface area (Å²) in [5.41, 5.74) is 9.45. The van der Waals surface area contributed by atoms with Crippen LogP contribution in [0.4, 0.5) is 45.2 Å². The number of aromatic nitrogens is 6. The third-order valence-electron chi connectivity index (χ3n) is 13.9. The van der Waals surface area contributed by atoms with Crippen LogP contribution in [0, 0.1) is 35.5 Å². The first-order valence-electron chi connectivity index (χ1n) is 27.7. The van der Waals surface area contributed by atoms with Crippen molar-refractivity contribution in [3.63, 3.8) is 0 Å². The molecule has 0 aliphatic carbocycles. The normalized spacial score (nSPS) is 11.8. The average Bonchev–Trinajstić information content (AvgIpc) is 1.60. The number of fused-ring (bicyclic) bond motifs is 3. The molecular formula is C71H48F9N7O4S. The summed E-state index contributed by atoms with van der Waals surface area (Å²) in [5, 5.41) is 10.0. The van der Waals surface area contributed by atoms with E-state index in [0.29, 0.717) is 56.4 Å². The number of sulfonamides is 1. The van der Waals surface area contributed by atoms with Gasteiger partial charge in [0.25, 0.3) is 0 Å². The number of nitrogens with zero attached hydrogens (tertiary/aromatic N) is 3. The van der Waals surface area contributed by atoms with E-state index in [1.54, 1.807) is 55.5 Å². The van der Waals surface area contributed by atoms with Gasteiger partial charge >= 0.3 is 18.5 Å². The van der Waals surface area contributed by atoms with Crippen molar-refractivity contribution >= 4 is 54.6 Å². The molecule has 1 unspecified atom stereocenters. The van der Waals surface area contributed by atoms with Crippen LogP contribution < -0.4 is 4.72 Å². The van der Waals surface area contributed by atoms with Gasteiger partial charge in [-0.25, -0.2) is 23.4 Å². The molecule has 0 saturated heterocycles. The van der Waals surface area contributed by atoms with Gasteiger partial charge < -0.3 is 20.1 Å². The fourth-order valence-electron chi connectivity index (χ4n) is 9.61. The first kappa shape index (κ1) is 63.8. The number of imidazole rings is 3. The Morgan fingerprint density at radius 2 is 0.815 bits per heavy atom. The van der Waals surface area contributed by atoms with E-state index in [-0.39, 0.29) is 22.5 Å². The van der Waals surface area contributed by atoms with Crippen LogP contribution in [-0.4, -0.2) is 55.5 Å². The number of ketones is 1. The van der Waals surface area contributed by atoms with Gasteiger partial charge in [0.2, 0.25) is 10.0 Å². The summed E-state index contributed by atoms with van der Waals surface area (Å²) in [4.78, 5) is 34.2. The van der Waals surface area contributed by atoms with Gasteiger partial charge in [0.15, 0.2) is 23.3 Å². The molecule has 460 valence electrons. The number of Topliss-reactive ketones (excluding diaryl/α,β-unsaturated/α-hetero) is 1. The first-order valence-corrected chi connectivity index (χ1v) is 29.6. The maximum Gasteiger partial charge on any atom is 0.416 e. The van der Waals surface area contributed by atoms with Gasteiger partial charge in [-0.1, -0.05) is 121 Å². The number of halogens is 9. The van der Waals surface area contributed by atoms with Crippen LogP contribution in [0.1, 0.15) is 86.7 Å². The van der Waals surface area contributed by atoms with Crippen molar-refractivity contribution in [3.8, 4) is 68.9 Å². The summed E-state index contributed by atoms with van der Waals surface area (Å²) < 4.78 is 141. The quantitative estimate of drug-likeness (QED) is 0.0601. The van der Waals surface area contributed by atoms with E-state index >= 15 is 0 Å². The van der Waals surface area contributed by atoms with Crippen LogP contribution in [0.2, 0.25) is 0 Å². The first-order chi connectivity index (χ1) is 43.7. The molecule has 0 aliphatic heterocycles. The van der Waals surface area contributed by atoms with E-state index in [1.807, 2.05) is 78.9 Å². The Morgan fingerprint density at radius 3 is 1.21 bits per heavy atom. The lowest BCUT2D eigenvalue weighted by molar-refractivity contribution is -0.138. The topological polar surface area (TPSA) is 170 Å². The molecule has 0 fully saturated rings. The third-order valence-corrected chi connectivity index (χ3v) is 14.5. The van der Waals surface area contributed by atoms with Gasteiger partial charge in [0.1, 0.15) is 0 Å². The summed E-state index contributed by atoms with van der Waals surface area (Å²) >= 11 is 0. The number of alkyl halides is 9. The molecule has 5 N–H and O–H groups in total. The van der Waals surface area contributed by atoms with Crippen LogP contribution in [0.25, 0.3) is 66.5 Å². The third kappa shape index (κ3) is 16.0. The number of para-hydroxylation sites is 1. The van der Waals surface area contributed by atoms with Gasteiger partial charge in [0.05, 0.1) is 67.8 Å². The van der Waals surface area contributed by atoms with Crippen molar-refractivity contribution in [2.75, 3.05) is 11.0 Å². The number of rotatable bonds is 7. The number of hydrogen-bond donors (Lipinski definition) is 5. The Hall–Kier alpha value is -11.2. The molecule has 12 aromatic rings. The minimum Gasteiger partial charge on any atom is -0.389 e. The maximum absolute atomic E-state index is 12.9. The van der Waals surface area contributed by atoms with Gasteiger partial charge in [-0.15, -0.1) is 0 Å². The molecule has 12 rings (SSSR count). The average molecular weight is 1270 g/mol. The van der Waals surface area contributed by atoms with Crippen molar-refractivity contribution in [2.45, 2.75) is 38.5 Å². The zero-order valence-electron chi connectivity index (χ0n) is 48.5. The molecular weight excluding hydrogens is 1220 g/mol. The molecule has 9 aromatic carbocycles. The highest BCUT2D eigenvalue weighted by atomic mass is 32.2. The number of nitrogens with one attached hydrogen (secondary N) is 4. The van der Waals surface area contributed by atoms with E-state index in [2.05, 4.69) is 70.1 Å². The predicted octanol–water partition coefficient (Wildman–Crippen LogP) is 16.6. The molecule has 0 radical (unpaired) electrons. The van der Waals surface area contributed by atoms with Crippen molar-refractivity contribution < 1.29 is 57.8 Å². The molecule has 1 atom stereocenters. The number of aliphatic hydroxyl groups is 1. The lowest BCUT2D eigenvalue weighted by Gasteiger charge is -2.11. The molecule has 0 amide bonds. The molecule has 92 heavy (non-hydrogen) atoms. The van der Waals surface area contributed by atoms with Crippen LogP contribution in [0.5, 0.6) is 0 Å². The number of hydrogen-bond acceptors (Lipinski definition) is 7. The summed E-state index contributed by atoms with van der Waals surface area (Å²) in [5.74, 6) is 17.5. The molecule has 3 heterocycles. The van der Waals surface area contributed by atoms with Crippen molar-refractivity contribution in [2.24, 2.45) is 0 Å². The van der Waals surface area contributed by atoms with E-state index in [4.69, 9.17) is 0 Å². The number of aliphatic hydroxyl groups excluding tert-OH is 1. The summed E-state index contributed by atoms with van der Waals surface area (Å²) in [6.45, 7) is 3.24. The molecule has 0 aliphatic rings. The predicted molar refractivity (Wildman–Crippen MR) is 336 cm³/mol.